The number of esters is 1. The first-order chi connectivity index (χ1) is 20.1. The molecule has 1 saturated heterocycles. The monoisotopic (exact) mass is 556 g/mol. The maximum atomic E-state index is 12.7. The maximum Gasteiger partial charge on any atom is 0.376 e. The molecule has 216 valence electrons. The summed E-state index contributed by atoms with van der Waals surface area (Å²) in [5.74, 6) is 5.31. The Morgan fingerprint density at radius 2 is 1.93 bits per heavy atom. The van der Waals surface area contributed by atoms with E-state index in [0.29, 0.717) is 49.0 Å². The lowest BCUT2D eigenvalue weighted by molar-refractivity contribution is 0.0587. The Morgan fingerprint density at radius 1 is 1.15 bits per heavy atom. The molecule has 2 saturated carbocycles. The number of nitrogens with one attached hydrogen (secondary N) is 1. The Bertz CT molecular complexity index is 1400. The summed E-state index contributed by atoms with van der Waals surface area (Å²) in [6.45, 7) is 4.87. The van der Waals surface area contributed by atoms with E-state index in [0.717, 1.165) is 43.7 Å². The van der Waals surface area contributed by atoms with Crippen molar-refractivity contribution in [3.8, 4) is 12.3 Å². The molecule has 41 heavy (non-hydrogen) atoms. The summed E-state index contributed by atoms with van der Waals surface area (Å²) >= 11 is 0. The van der Waals surface area contributed by atoms with Gasteiger partial charge >= 0.3 is 5.97 Å². The molecular weight excluding hydrogens is 516 g/mol. The molecule has 2 aliphatic carbocycles. The normalized spacial score (nSPS) is 23.9. The van der Waals surface area contributed by atoms with Crippen molar-refractivity contribution in [1.29, 1.82) is 0 Å². The molecule has 9 nitrogen and oxygen atoms in total. The van der Waals surface area contributed by atoms with Gasteiger partial charge < -0.3 is 24.3 Å². The van der Waals surface area contributed by atoms with Gasteiger partial charge in [-0.25, -0.2) is 14.8 Å². The van der Waals surface area contributed by atoms with Crippen LogP contribution in [0.15, 0.2) is 30.3 Å². The number of aromatic nitrogens is 4. The lowest BCUT2D eigenvalue weighted by atomic mass is 9.80. The minimum Gasteiger partial charge on any atom is -0.463 e. The molecule has 2 atom stereocenters. The number of fused-ring (bicyclic) bond motifs is 1. The van der Waals surface area contributed by atoms with Crippen molar-refractivity contribution < 1.29 is 14.3 Å². The number of rotatable bonds is 8. The van der Waals surface area contributed by atoms with E-state index in [1.807, 2.05) is 6.07 Å². The summed E-state index contributed by atoms with van der Waals surface area (Å²) in [7, 11) is 1.36. The van der Waals surface area contributed by atoms with E-state index in [-0.39, 0.29) is 17.9 Å². The third kappa shape index (κ3) is 5.62. The summed E-state index contributed by atoms with van der Waals surface area (Å²) in [5.41, 5.74) is 2.53. The number of hydrogen-bond donors (Lipinski definition) is 1. The number of carbonyl (C=O) groups is 1. The lowest BCUT2D eigenvalue weighted by Gasteiger charge is -2.37. The molecule has 0 radical (unpaired) electrons. The highest BCUT2D eigenvalue weighted by Gasteiger charge is 2.33. The van der Waals surface area contributed by atoms with Crippen LogP contribution in [0.5, 0.6) is 0 Å². The third-order valence-corrected chi connectivity index (χ3v) is 9.27. The van der Waals surface area contributed by atoms with E-state index < -0.39 is 5.97 Å². The highest BCUT2D eigenvalue weighted by molar-refractivity contribution is 5.92. The molecule has 3 aliphatic rings. The average Bonchev–Trinajstić information content (AvgIpc) is 3.34. The summed E-state index contributed by atoms with van der Waals surface area (Å²) < 4.78 is 13.3. The quantitative estimate of drug-likeness (QED) is 0.298. The SMILES string of the molecule is C#C[C@H]1CC[C@H](Cn2c(N3CCOC[C@H]3c3ccccc3)nc3nc(C(=O)OC)nc(N[C@H](C)C4CCC4)c32)CC1. The molecule has 3 heterocycles. The van der Waals surface area contributed by atoms with E-state index in [1.165, 1.54) is 31.9 Å². The van der Waals surface area contributed by atoms with Crippen LogP contribution in [-0.4, -0.2) is 58.4 Å². The molecular formula is C32H40N6O3. The van der Waals surface area contributed by atoms with Crippen LogP contribution in [0.1, 0.15) is 74.1 Å². The summed E-state index contributed by atoms with van der Waals surface area (Å²) in [5, 5.41) is 3.67. The zero-order valence-corrected chi connectivity index (χ0v) is 24.1. The number of benzene rings is 1. The van der Waals surface area contributed by atoms with Crippen molar-refractivity contribution in [2.24, 2.45) is 17.8 Å². The van der Waals surface area contributed by atoms with E-state index >= 15 is 0 Å². The minimum atomic E-state index is -0.566. The molecule has 1 aliphatic heterocycles. The number of methoxy groups -OCH3 is 1. The van der Waals surface area contributed by atoms with Gasteiger partial charge in [-0.3, -0.25) is 0 Å². The predicted octanol–water partition coefficient (Wildman–Crippen LogP) is 5.23. The van der Waals surface area contributed by atoms with Gasteiger partial charge in [-0.2, -0.15) is 4.98 Å². The number of anilines is 2. The van der Waals surface area contributed by atoms with E-state index in [2.05, 4.69) is 56.9 Å². The summed E-state index contributed by atoms with van der Waals surface area (Å²) in [6.07, 6.45) is 13.6. The van der Waals surface area contributed by atoms with Crippen LogP contribution in [0, 0.1) is 30.1 Å². The van der Waals surface area contributed by atoms with Gasteiger partial charge in [0.25, 0.3) is 0 Å². The number of hydrogen-bond acceptors (Lipinski definition) is 8. The van der Waals surface area contributed by atoms with Crippen LogP contribution in [0.3, 0.4) is 0 Å². The fourth-order valence-electron chi connectivity index (χ4n) is 6.54. The fraction of sp³-hybridized carbons (Fsp3) is 0.562. The molecule has 6 rings (SSSR count). The van der Waals surface area contributed by atoms with Crippen LogP contribution in [0.2, 0.25) is 0 Å². The van der Waals surface area contributed by atoms with E-state index in [4.69, 9.17) is 25.9 Å². The smallest absolute Gasteiger partial charge is 0.376 e. The number of carbonyl (C=O) groups excluding carboxylic acids is 1. The van der Waals surface area contributed by atoms with Crippen molar-refractivity contribution in [2.45, 2.75) is 70.5 Å². The van der Waals surface area contributed by atoms with Crippen molar-refractivity contribution in [3.63, 3.8) is 0 Å². The van der Waals surface area contributed by atoms with Gasteiger partial charge in [0.1, 0.15) is 5.52 Å². The fourth-order valence-corrected chi connectivity index (χ4v) is 6.54. The average molecular weight is 557 g/mol. The first-order valence-corrected chi connectivity index (χ1v) is 15.0. The van der Waals surface area contributed by atoms with Gasteiger partial charge in [-0.05, 0) is 62.8 Å². The number of nitrogens with zero attached hydrogens (tertiary/aromatic N) is 5. The molecule has 2 aromatic heterocycles. The van der Waals surface area contributed by atoms with Gasteiger partial charge in [-0.15, -0.1) is 12.3 Å². The van der Waals surface area contributed by atoms with Crippen LogP contribution in [-0.2, 0) is 16.0 Å². The van der Waals surface area contributed by atoms with Crippen LogP contribution in [0.25, 0.3) is 11.2 Å². The second-order valence-electron chi connectivity index (χ2n) is 11.8. The maximum absolute atomic E-state index is 12.7. The molecule has 3 fully saturated rings. The molecule has 0 unspecified atom stereocenters. The Kier molecular flexibility index (Phi) is 8.11. The zero-order chi connectivity index (χ0) is 28.3. The number of ether oxygens (including phenoxy) is 2. The largest absolute Gasteiger partial charge is 0.463 e. The standard InChI is InChI=1S/C32H40N6O3/c1-4-22-13-15-23(16-14-22)19-38-27-28(33-21(2)24-11-8-12-24)34-30(31(39)40-3)35-29(27)36-32(38)37-17-18-41-20-26(37)25-9-6-5-7-10-25/h1,5-7,9-10,21-24,26H,8,11-20H2,2-3H3,(H,33,34,35)/t21-,22-,23-,26+/m1/s1. The van der Waals surface area contributed by atoms with Gasteiger partial charge in [0, 0.05) is 25.0 Å². The Hall–Kier alpha value is -3.64. The van der Waals surface area contributed by atoms with Crippen molar-refractivity contribution in [3.05, 3.63) is 41.7 Å². The molecule has 9 heteroatoms. The number of morpholine rings is 1. The first kappa shape index (κ1) is 27.5. The second-order valence-corrected chi connectivity index (χ2v) is 11.8. The second kappa shape index (κ2) is 12.1. The predicted molar refractivity (Wildman–Crippen MR) is 159 cm³/mol. The minimum absolute atomic E-state index is 0.0102. The molecule has 3 aromatic rings. The van der Waals surface area contributed by atoms with Gasteiger partial charge in [0.2, 0.25) is 11.8 Å². The number of terminal acetylenes is 1. The van der Waals surface area contributed by atoms with Crippen LogP contribution >= 0.6 is 0 Å². The summed E-state index contributed by atoms with van der Waals surface area (Å²) in [4.78, 5) is 29.5. The van der Waals surface area contributed by atoms with Gasteiger partial charge in [-0.1, -0.05) is 36.8 Å². The summed E-state index contributed by atoms with van der Waals surface area (Å²) in [6, 6.07) is 10.7. The molecule has 1 N–H and O–H groups in total. The lowest BCUT2D eigenvalue weighted by Crippen LogP contribution is -2.41. The van der Waals surface area contributed by atoms with Crippen molar-refractivity contribution in [1.82, 2.24) is 19.5 Å². The molecule has 0 spiro atoms. The molecule has 0 bridgehead atoms. The van der Waals surface area contributed by atoms with Gasteiger partial charge in [0.15, 0.2) is 11.5 Å². The highest BCUT2D eigenvalue weighted by Crippen LogP contribution is 2.38. The molecule has 1 aromatic carbocycles. The Morgan fingerprint density at radius 3 is 2.61 bits per heavy atom. The number of imidazole rings is 1. The molecule has 0 amide bonds. The van der Waals surface area contributed by atoms with Crippen LogP contribution < -0.4 is 10.2 Å². The van der Waals surface area contributed by atoms with Crippen molar-refractivity contribution in [2.75, 3.05) is 37.1 Å². The zero-order valence-electron chi connectivity index (χ0n) is 24.1. The van der Waals surface area contributed by atoms with Crippen LogP contribution in [0.4, 0.5) is 11.8 Å². The Labute approximate surface area is 242 Å². The Balaban J connectivity index is 1.47. The first-order valence-electron chi connectivity index (χ1n) is 15.0. The highest BCUT2D eigenvalue weighted by atomic mass is 16.5. The van der Waals surface area contributed by atoms with E-state index in [9.17, 15) is 4.79 Å². The van der Waals surface area contributed by atoms with E-state index in [1.54, 1.807) is 0 Å². The third-order valence-electron chi connectivity index (χ3n) is 9.27. The topological polar surface area (TPSA) is 94.4 Å². The van der Waals surface area contributed by atoms with Crippen molar-refractivity contribution >= 4 is 28.9 Å². The van der Waals surface area contributed by atoms with Gasteiger partial charge in [0.05, 0.1) is 26.4 Å².